The molecule has 1 aromatic carbocycles. The fraction of sp³-hybridized carbons (Fsp3) is 0.300. The van der Waals surface area contributed by atoms with Gasteiger partial charge in [0.2, 0.25) is 0 Å². The summed E-state index contributed by atoms with van der Waals surface area (Å²) >= 11 is 5.56. The lowest BCUT2D eigenvalue weighted by atomic mass is 10.2. The number of nitrogens with zero attached hydrogens (tertiary/aromatic N) is 1. The van der Waals surface area contributed by atoms with E-state index in [0.29, 0.717) is 0 Å². The first-order valence-electron chi connectivity index (χ1n) is 4.35. The van der Waals surface area contributed by atoms with Crippen molar-refractivity contribution in [3.63, 3.8) is 0 Å². The molecule has 0 aliphatic rings. The Kier molecular flexibility index (Phi) is 4.18. The maximum absolute atomic E-state index is 12.6. The Morgan fingerprint density at radius 3 is 2.59 bits per heavy atom. The predicted molar refractivity (Wildman–Crippen MR) is 52.6 cm³/mol. The van der Waals surface area contributed by atoms with E-state index in [-0.39, 0.29) is 16.3 Å². The summed E-state index contributed by atoms with van der Waals surface area (Å²) in [5.41, 5.74) is -0.0560. The Morgan fingerprint density at radius 2 is 2.06 bits per heavy atom. The Hall–Kier alpha value is -1.48. The molecule has 0 saturated carbocycles. The van der Waals surface area contributed by atoms with Crippen LogP contribution in [0.15, 0.2) is 18.2 Å². The second-order valence-corrected chi connectivity index (χ2v) is 3.54. The molecule has 0 aliphatic carbocycles. The highest BCUT2D eigenvalue weighted by molar-refractivity contribution is 6.30. The first kappa shape index (κ1) is 13.6. The molecule has 0 aromatic heterocycles. The highest BCUT2D eigenvalue weighted by Crippen LogP contribution is 2.27. The molecular weight excluding hydrogens is 262 g/mol. The summed E-state index contributed by atoms with van der Waals surface area (Å²) in [6.07, 6.45) is -3.83. The van der Waals surface area contributed by atoms with Crippen molar-refractivity contribution in [3.8, 4) is 11.8 Å². The number of hydrogen-bond donors (Lipinski definition) is 0. The molecule has 1 aromatic rings. The van der Waals surface area contributed by atoms with Crippen molar-refractivity contribution >= 4 is 11.6 Å². The number of hydrogen-bond acceptors (Lipinski definition) is 2. The highest BCUT2D eigenvalue weighted by atomic mass is 35.5. The lowest BCUT2D eigenvalue weighted by Gasteiger charge is -2.16. The van der Waals surface area contributed by atoms with E-state index in [1.807, 2.05) is 0 Å². The Labute approximate surface area is 99.4 Å². The monoisotopic (exact) mass is 267 g/mol. The van der Waals surface area contributed by atoms with E-state index in [1.165, 1.54) is 12.1 Å². The van der Waals surface area contributed by atoms with Crippen LogP contribution in [0.25, 0.3) is 0 Å². The SMILES string of the molecule is N#Cc1ccc(Cl)cc1OCC(F)(F)C(F)F. The minimum atomic E-state index is -4.27. The molecule has 0 fully saturated rings. The Bertz CT molecular complexity index is 444. The second-order valence-electron chi connectivity index (χ2n) is 3.10. The molecule has 0 saturated heterocycles. The summed E-state index contributed by atoms with van der Waals surface area (Å²) in [4.78, 5) is 0. The summed E-state index contributed by atoms with van der Waals surface area (Å²) in [6, 6.07) is 5.39. The summed E-state index contributed by atoms with van der Waals surface area (Å²) < 4.78 is 53.4. The highest BCUT2D eigenvalue weighted by Gasteiger charge is 2.41. The van der Waals surface area contributed by atoms with Crippen molar-refractivity contribution in [2.45, 2.75) is 12.3 Å². The summed E-state index contributed by atoms with van der Waals surface area (Å²) in [5.74, 6) is -4.52. The van der Waals surface area contributed by atoms with Crippen LogP contribution in [0.5, 0.6) is 5.75 Å². The molecule has 0 heterocycles. The molecule has 0 unspecified atom stereocenters. The molecule has 1 rings (SSSR count). The number of nitriles is 1. The lowest BCUT2D eigenvalue weighted by Crippen LogP contribution is -2.33. The van der Waals surface area contributed by atoms with Gasteiger partial charge in [0.15, 0.2) is 6.61 Å². The van der Waals surface area contributed by atoms with E-state index in [1.54, 1.807) is 6.07 Å². The van der Waals surface area contributed by atoms with Gasteiger partial charge in [0, 0.05) is 11.1 Å². The van der Waals surface area contributed by atoms with Crippen LogP contribution >= 0.6 is 11.6 Å². The zero-order valence-corrected chi connectivity index (χ0v) is 9.02. The van der Waals surface area contributed by atoms with Gasteiger partial charge in [-0.1, -0.05) is 11.6 Å². The fourth-order valence-corrected chi connectivity index (χ4v) is 1.11. The van der Waals surface area contributed by atoms with Gasteiger partial charge in [0.05, 0.1) is 5.56 Å². The van der Waals surface area contributed by atoms with Crippen LogP contribution in [-0.2, 0) is 0 Å². The summed E-state index contributed by atoms with van der Waals surface area (Å²) in [7, 11) is 0. The zero-order valence-electron chi connectivity index (χ0n) is 8.26. The molecule has 0 N–H and O–H groups in total. The van der Waals surface area contributed by atoms with Crippen molar-refractivity contribution in [1.29, 1.82) is 5.26 Å². The van der Waals surface area contributed by atoms with E-state index in [0.717, 1.165) is 6.07 Å². The molecule has 0 radical (unpaired) electrons. The van der Waals surface area contributed by atoms with Crippen molar-refractivity contribution < 1.29 is 22.3 Å². The van der Waals surface area contributed by atoms with Gasteiger partial charge in [-0.3, -0.25) is 0 Å². The van der Waals surface area contributed by atoms with Crippen LogP contribution in [-0.4, -0.2) is 19.0 Å². The van der Waals surface area contributed by atoms with Gasteiger partial charge in [-0.05, 0) is 12.1 Å². The average Bonchev–Trinajstić information content (AvgIpc) is 2.26. The third kappa shape index (κ3) is 3.49. The van der Waals surface area contributed by atoms with Gasteiger partial charge < -0.3 is 4.74 Å². The maximum Gasteiger partial charge on any atom is 0.340 e. The smallest absolute Gasteiger partial charge is 0.340 e. The van der Waals surface area contributed by atoms with Gasteiger partial charge >= 0.3 is 12.3 Å². The van der Waals surface area contributed by atoms with E-state index < -0.39 is 19.0 Å². The quantitative estimate of drug-likeness (QED) is 0.782. The number of rotatable bonds is 4. The first-order chi connectivity index (χ1) is 7.86. The second kappa shape index (κ2) is 5.23. The van der Waals surface area contributed by atoms with Crippen LogP contribution in [0, 0.1) is 11.3 Å². The normalized spacial score (nSPS) is 11.4. The van der Waals surface area contributed by atoms with Crippen LogP contribution in [0.1, 0.15) is 5.56 Å². The van der Waals surface area contributed by atoms with E-state index in [4.69, 9.17) is 16.9 Å². The molecule has 92 valence electrons. The Morgan fingerprint density at radius 1 is 1.41 bits per heavy atom. The van der Waals surface area contributed by atoms with E-state index in [2.05, 4.69) is 4.74 Å². The minimum Gasteiger partial charge on any atom is -0.486 e. The van der Waals surface area contributed by atoms with Gasteiger partial charge in [-0.2, -0.15) is 14.0 Å². The van der Waals surface area contributed by atoms with Crippen molar-refractivity contribution in [2.75, 3.05) is 6.61 Å². The predicted octanol–water partition coefficient (Wildman–Crippen LogP) is 3.49. The molecule has 17 heavy (non-hydrogen) atoms. The molecule has 0 aliphatic heterocycles. The zero-order chi connectivity index (χ0) is 13.1. The number of ether oxygens (including phenoxy) is 1. The molecule has 0 spiro atoms. The Balaban J connectivity index is 2.83. The molecule has 0 amide bonds. The van der Waals surface area contributed by atoms with E-state index in [9.17, 15) is 17.6 Å². The van der Waals surface area contributed by atoms with Gasteiger partial charge in [-0.25, -0.2) is 8.78 Å². The van der Waals surface area contributed by atoms with Gasteiger partial charge in [0.1, 0.15) is 11.8 Å². The van der Waals surface area contributed by atoms with Crippen LogP contribution < -0.4 is 4.74 Å². The molecule has 7 heteroatoms. The standard InChI is InChI=1S/C10H6ClF4NO/c11-7-2-1-6(4-16)8(3-7)17-5-10(14,15)9(12)13/h1-3,9H,5H2. The molecular formula is C10H6ClF4NO. The maximum atomic E-state index is 12.6. The summed E-state index contributed by atoms with van der Waals surface area (Å²) in [6.45, 7) is -1.51. The van der Waals surface area contributed by atoms with Gasteiger partial charge in [-0.15, -0.1) is 0 Å². The van der Waals surface area contributed by atoms with E-state index >= 15 is 0 Å². The number of benzene rings is 1. The average molecular weight is 268 g/mol. The molecule has 2 nitrogen and oxygen atoms in total. The minimum absolute atomic E-state index is 0.0560. The van der Waals surface area contributed by atoms with Crippen molar-refractivity contribution in [1.82, 2.24) is 0 Å². The lowest BCUT2D eigenvalue weighted by molar-refractivity contribution is -0.148. The topological polar surface area (TPSA) is 33.0 Å². The third-order valence-electron chi connectivity index (χ3n) is 1.80. The van der Waals surface area contributed by atoms with Crippen LogP contribution in [0.2, 0.25) is 5.02 Å². The number of halogens is 5. The third-order valence-corrected chi connectivity index (χ3v) is 2.04. The molecule has 0 atom stereocenters. The largest absolute Gasteiger partial charge is 0.486 e. The van der Waals surface area contributed by atoms with Gasteiger partial charge in [0.25, 0.3) is 0 Å². The van der Waals surface area contributed by atoms with Crippen molar-refractivity contribution in [3.05, 3.63) is 28.8 Å². The van der Waals surface area contributed by atoms with Crippen LogP contribution in [0.4, 0.5) is 17.6 Å². The molecule has 0 bridgehead atoms. The number of alkyl halides is 4. The summed E-state index contributed by atoms with van der Waals surface area (Å²) in [5, 5.41) is 8.79. The van der Waals surface area contributed by atoms with Crippen LogP contribution in [0.3, 0.4) is 0 Å². The first-order valence-corrected chi connectivity index (χ1v) is 4.73. The fourth-order valence-electron chi connectivity index (χ4n) is 0.945. The van der Waals surface area contributed by atoms with Crippen molar-refractivity contribution in [2.24, 2.45) is 0 Å².